The highest BCUT2D eigenvalue weighted by Gasteiger charge is 2.56. The molecule has 194 valence electrons. The molecule has 3 heterocycles. The van der Waals surface area contributed by atoms with E-state index in [1.165, 1.54) is 0 Å². The van der Waals surface area contributed by atoms with Crippen LogP contribution in [-0.2, 0) is 0 Å². The maximum atomic E-state index is 5.55. The van der Waals surface area contributed by atoms with E-state index in [0.29, 0.717) is 5.84 Å². The molecule has 2 unspecified atom stereocenters. The first-order valence-corrected chi connectivity index (χ1v) is 19.8. The van der Waals surface area contributed by atoms with Gasteiger partial charge in [0.05, 0.1) is 0 Å². The van der Waals surface area contributed by atoms with Gasteiger partial charge in [-0.1, -0.05) is 91.0 Å². The highest BCUT2D eigenvalue weighted by Crippen LogP contribution is 2.81. The van der Waals surface area contributed by atoms with Gasteiger partial charge in [-0.2, -0.15) is 14.9 Å². The van der Waals surface area contributed by atoms with Gasteiger partial charge in [-0.15, -0.1) is 5.10 Å². The highest BCUT2D eigenvalue weighted by molar-refractivity contribution is 9.39. The number of halogens is 2. The van der Waals surface area contributed by atoms with Gasteiger partial charge in [0.2, 0.25) is 0 Å². The van der Waals surface area contributed by atoms with Crippen molar-refractivity contribution in [2.45, 2.75) is 0 Å². The van der Waals surface area contributed by atoms with Crippen LogP contribution in [0, 0.1) is 0 Å². The monoisotopic (exact) mass is 689 g/mol. The zero-order valence-corrected chi connectivity index (χ0v) is 26.6. The first-order chi connectivity index (χ1) is 18.4. The molecule has 0 bridgehead atoms. The molecule has 0 aliphatic carbocycles. The predicted molar refractivity (Wildman–Crippen MR) is 167 cm³/mol. The van der Waals surface area contributed by atoms with Crippen LogP contribution in [0.15, 0.2) is 111 Å². The Hall–Kier alpha value is -2.28. The summed E-state index contributed by atoms with van der Waals surface area (Å²) in [6.07, 6.45) is 0. The van der Waals surface area contributed by atoms with Gasteiger partial charge in [-0.3, -0.25) is 0 Å². The van der Waals surface area contributed by atoms with Crippen LogP contribution in [0.4, 0.5) is 0 Å². The van der Waals surface area contributed by atoms with Crippen molar-refractivity contribution in [1.82, 2.24) is 23.2 Å². The molecule has 3 aromatic carbocycles. The molecule has 14 heteroatoms. The van der Waals surface area contributed by atoms with E-state index < -0.39 is 21.4 Å². The standard InChI is InChI=1S/C24H24Br2N9P3/c1-31-28-23(20-15-9-5-10-16-20)34(36(31)25)38(30-22(27-33(38)3)19-13-7-4-8-14-19)35-24(29-32(2)37(35)26)21-17-11-6-12-18-21/h4-18H,1-3H3. The van der Waals surface area contributed by atoms with Crippen LogP contribution in [0.1, 0.15) is 16.7 Å². The first kappa shape index (κ1) is 26.0. The number of benzene rings is 3. The van der Waals surface area contributed by atoms with Crippen molar-refractivity contribution in [2.75, 3.05) is 21.1 Å². The van der Waals surface area contributed by atoms with Crippen molar-refractivity contribution < 1.29 is 0 Å². The Kier molecular flexibility index (Phi) is 7.08. The summed E-state index contributed by atoms with van der Waals surface area (Å²) in [6.45, 7) is -2.15. The molecule has 6 rings (SSSR count). The second-order valence-corrected chi connectivity index (χ2v) is 18.5. The normalized spacial score (nSPS) is 25.0. The minimum absolute atomic E-state index is 0.692. The Balaban J connectivity index is 1.61. The van der Waals surface area contributed by atoms with Gasteiger partial charge in [0.25, 0.3) is 7.51 Å². The molecule has 3 aliphatic heterocycles. The highest BCUT2D eigenvalue weighted by atomic mass is 79.9. The van der Waals surface area contributed by atoms with Crippen molar-refractivity contribution in [2.24, 2.45) is 20.0 Å². The minimum Gasteiger partial charge on any atom is -0.247 e. The van der Waals surface area contributed by atoms with Crippen LogP contribution in [0.3, 0.4) is 0 Å². The van der Waals surface area contributed by atoms with E-state index in [9.17, 15) is 0 Å². The lowest BCUT2D eigenvalue weighted by Crippen LogP contribution is -2.35. The average Bonchev–Trinajstić information content (AvgIpc) is 3.56. The fourth-order valence-corrected chi connectivity index (χ4v) is 16.8. The Morgan fingerprint density at radius 2 is 0.974 bits per heavy atom. The zero-order chi connectivity index (χ0) is 26.4. The molecule has 2 atom stereocenters. The zero-order valence-electron chi connectivity index (χ0n) is 20.8. The van der Waals surface area contributed by atoms with E-state index in [0.717, 1.165) is 28.4 Å². The topological polar surface area (TPSA) is 65.6 Å². The van der Waals surface area contributed by atoms with Crippen molar-refractivity contribution in [3.05, 3.63) is 108 Å². The van der Waals surface area contributed by atoms with Crippen LogP contribution in [-0.4, -0.2) is 61.9 Å². The van der Waals surface area contributed by atoms with Crippen molar-refractivity contribution >= 4 is 69.8 Å². The summed E-state index contributed by atoms with van der Waals surface area (Å²) in [5, 5.41) is 15.1. The Labute approximate surface area is 240 Å². The number of hydrazone groups is 3. The maximum absolute atomic E-state index is 5.55. The smallest absolute Gasteiger partial charge is 0.247 e. The molecule has 0 saturated carbocycles. The van der Waals surface area contributed by atoms with Crippen LogP contribution in [0.25, 0.3) is 0 Å². The van der Waals surface area contributed by atoms with Crippen molar-refractivity contribution in [3.8, 4) is 0 Å². The van der Waals surface area contributed by atoms with Gasteiger partial charge < -0.3 is 0 Å². The Morgan fingerprint density at radius 3 is 1.39 bits per heavy atom. The summed E-state index contributed by atoms with van der Waals surface area (Å²) >= 11 is 8.04. The van der Waals surface area contributed by atoms with Gasteiger partial charge in [-0.05, 0) is 31.0 Å². The lowest BCUT2D eigenvalue weighted by molar-refractivity contribution is 0.555. The van der Waals surface area contributed by atoms with Crippen LogP contribution < -0.4 is 0 Å². The van der Waals surface area contributed by atoms with E-state index >= 15 is 0 Å². The summed E-state index contributed by atoms with van der Waals surface area (Å²) in [5.41, 5.74) is 3.00. The lowest BCUT2D eigenvalue weighted by atomic mass is 10.2. The molecule has 9 nitrogen and oxygen atoms in total. The molecule has 0 fully saturated rings. The SMILES string of the molecule is CN1N=C(c2ccccc2)N(P2(N3C(c4ccccc4)=NN(C)P3Br)=NC(c3ccccc3)=NN2C)P1Br. The molecule has 0 spiro atoms. The minimum atomic E-state index is -2.84. The van der Waals surface area contributed by atoms with E-state index in [-0.39, 0.29) is 0 Å². The fourth-order valence-electron chi connectivity index (χ4n) is 4.32. The summed E-state index contributed by atoms with van der Waals surface area (Å²) < 4.78 is 16.2. The van der Waals surface area contributed by atoms with Gasteiger partial charge >= 0.3 is 0 Å². The molecular formula is C24H24Br2N9P3. The van der Waals surface area contributed by atoms with E-state index in [2.05, 4.69) is 76.3 Å². The fraction of sp³-hybridized carbons (Fsp3) is 0.125. The third-order valence-electron chi connectivity index (χ3n) is 6.11. The molecular weight excluding hydrogens is 667 g/mol. The van der Waals surface area contributed by atoms with Crippen molar-refractivity contribution in [1.29, 1.82) is 0 Å². The van der Waals surface area contributed by atoms with Crippen LogP contribution >= 0.6 is 52.3 Å². The van der Waals surface area contributed by atoms with Gasteiger partial charge in [0, 0.05) is 37.8 Å². The van der Waals surface area contributed by atoms with Crippen molar-refractivity contribution in [3.63, 3.8) is 0 Å². The van der Waals surface area contributed by atoms with Crippen LogP contribution in [0.2, 0.25) is 0 Å². The third-order valence-corrected chi connectivity index (χ3v) is 19.6. The summed E-state index contributed by atoms with van der Waals surface area (Å²) in [7, 11) is 3.16. The van der Waals surface area contributed by atoms with E-state index in [1.807, 2.05) is 90.1 Å². The van der Waals surface area contributed by atoms with Gasteiger partial charge in [-0.25, -0.2) is 23.2 Å². The lowest BCUT2D eigenvalue weighted by Gasteiger charge is -2.44. The largest absolute Gasteiger partial charge is 0.279 e. The summed E-state index contributed by atoms with van der Waals surface area (Å²) in [4.78, 5) is 0. The Bertz CT molecular complexity index is 1410. The maximum Gasteiger partial charge on any atom is 0.279 e. The number of amidine groups is 3. The van der Waals surface area contributed by atoms with E-state index in [1.54, 1.807) is 0 Å². The third kappa shape index (κ3) is 4.20. The van der Waals surface area contributed by atoms with Gasteiger partial charge in [0.1, 0.15) is 0 Å². The molecule has 0 radical (unpaired) electrons. The predicted octanol–water partition coefficient (Wildman–Crippen LogP) is 7.70. The molecule has 0 amide bonds. The Morgan fingerprint density at radius 1 is 0.579 bits per heavy atom. The molecule has 0 saturated heterocycles. The summed E-state index contributed by atoms with van der Waals surface area (Å²) in [5.74, 6) is 2.39. The van der Waals surface area contributed by atoms with E-state index in [4.69, 9.17) is 20.0 Å². The number of hydrogen-bond donors (Lipinski definition) is 0. The molecule has 3 aromatic rings. The second kappa shape index (κ2) is 10.4. The van der Waals surface area contributed by atoms with Crippen LogP contribution in [0.5, 0.6) is 0 Å². The average molecular weight is 691 g/mol. The first-order valence-electron chi connectivity index (χ1n) is 11.7. The number of nitrogens with zero attached hydrogens (tertiary/aromatic N) is 9. The molecule has 0 N–H and O–H groups in total. The molecule has 3 aliphatic rings. The number of hydrogen-bond acceptors (Lipinski definition) is 9. The second-order valence-electron chi connectivity index (χ2n) is 8.53. The molecule has 0 aromatic heterocycles. The number of rotatable bonds is 5. The van der Waals surface area contributed by atoms with Gasteiger partial charge in [0.15, 0.2) is 31.4 Å². The summed E-state index contributed by atoms with van der Waals surface area (Å²) in [6, 6.07) is 30.7. The quantitative estimate of drug-likeness (QED) is 0.257. The molecule has 38 heavy (non-hydrogen) atoms.